The summed E-state index contributed by atoms with van der Waals surface area (Å²) in [5.41, 5.74) is -0.537. The smallest absolute Gasteiger partial charge is 0.408 e. The minimum absolute atomic E-state index is 0.0670. The van der Waals surface area contributed by atoms with Crippen molar-refractivity contribution < 1.29 is 19.1 Å². The average Bonchev–Trinajstić information content (AvgIpc) is 2.28. The Morgan fingerprint density at radius 3 is 2.70 bits per heavy atom. The van der Waals surface area contributed by atoms with Gasteiger partial charge in [-0.3, -0.25) is 9.59 Å². The van der Waals surface area contributed by atoms with Crippen LogP contribution in [0.3, 0.4) is 0 Å². The van der Waals surface area contributed by atoms with E-state index in [1.165, 1.54) is 0 Å². The van der Waals surface area contributed by atoms with E-state index in [0.717, 1.165) is 0 Å². The van der Waals surface area contributed by atoms with Gasteiger partial charge in [-0.2, -0.15) is 0 Å². The number of carbonyl (C=O) groups is 3. The maximum Gasteiger partial charge on any atom is 0.408 e. The van der Waals surface area contributed by atoms with Crippen LogP contribution >= 0.6 is 0 Å². The van der Waals surface area contributed by atoms with Crippen LogP contribution in [0.15, 0.2) is 0 Å². The summed E-state index contributed by atoms with van der Waals surface area (Å²) in [6, 6.07) is 0. The second-order valence-electron chi connectivity index (χ2n) is 5.56. The number of Topliss-reactive ketones (excluding diaryl/α,β-unsaturated/α-hetero) is 1. The van der Waals surface area contributed by atoms with Crippen molar-refractivity contribution in [3.05, 3.63) is 0 Å². The summed E-state index contributed by atoms with van der Waals surface area (Å²) < 4.78 is 5.04. The van der Waals surface area contributed by atoms with E-state index in [9.17, 15) is 14.4 Å². The molecular formula is C14H20N2O4. The summed E-state index contributed by atoms with van der Waals surface area (Å²) >= 11 is 0. The van der Waals surface area contributed by atoms with Crippen LogP contribution in [0.4, 0.5) is 4.79 Å². The van der Waals surface area contributed by atoms with E-state index in [0.29, 0.717) is 13.0 Å². The molecule has 0 saturated carbocycles. The normalized spacial score (nSPS) is 18.6. The SMILES string of the molecule is CC(C)(C)OC(=O)NCC#CCC1CNC(=O)CC1=O. The van der Waals surface area contributed by atoms with Crippen LogP contribution in [0.2, 0.25) is 0 Å². The molecule has 1 saturated heterocycles. The van der Waals surface area contributed by atoms with Crippen molar-refractivity contribution in [1.29, 1.82) is 0 Å². The second-order valence-corrected chi connectivity index (χ2v) is 5.56. The molecule has 1 fully saturated rings. The van der Waals surface area contributed by atoms with Gasteiger partial charge in [0.1, 0.15) is 11.4 Å². The Labute approximate surface area is 118 Å². The van der Waals surface area contributed by atoms with E-state index in [2.05, 4.69) is 22.5 Å². The molecule has 6 heteroatoms. The first kappa shape index (κ1) is 16.0. The van der Waals surface area contributed by atoms with E-state index in [4.69, 9.17) is 4.74 Å². The molecule has 110 valence electrons. The lowest BCUT2D eigenvalue weighted by atomic mass is 9.94. The number of nitrogens with one attached hydrogen (secondary N) is 2. The Hall–Kier alpha value is -2.03. The number of rotatable bonds is 2. The first-order valence-electron chi connectivity index (χ1n) is 6.50. The van der Waals surface area contributed by atoms with E-state index in [1.54, 1.807) is 20.8 Å². The zero-order valence-corrected chi connectivity index (χ0v) is 12.0. The molecule has 1 heterocycles. The van der Waals surface area contributed by atoms with E-state index < -0.39 is 11.7 Å². The van der Waals surface area contributed by atoms with Gasteiger partial charge in [0.2, 0.25) is 5.91 Å². The van der Waals surface area contributed by atoms with E-state index in [-0.39, 0.29) is 30.6 Å². The van der Waals surface area contributed by atoms with Gasteiger partial charge in [0, 0.05) is 18.9 Å². The van der Waals surface area contributed by atoms with Gasteiger partial charge in [-0.1, -0.05) is 5.92 Å². The fourth-order valence-corrected chi connectivity index (χ4v) is 1.59. The summed E-state index contributed by atoms with van der Waals surface area (Å²) in [7, 11) is 0. The van der Waals surface area contributed by atoms with Crippen LogP contribution in [-0.4, -0.2) is 36.5 Å². The molecule has 1 atom stereocenters. The Bertz CT molecular complexity index is 454. The first-order valence-corrected chi connectivity index (χ1v) is 6.50. The highest BCUT2D eigenvalue weighted by Crippen LogP contribution is 2.10. The molecule has 1 unspecified atom stereocenters. The van der Waals surface area contributed by atoms with E-state index in [1.807, 2.05) is 0 Å². The quantitative estimate of drug-likeness (QED) is 0.573. The largest absolute Gasteiger partial charge is 0.444 e. The zero-order valence-electron chi connectivity index (χ0n) is 12.0. The Kier molecular flexibility index (Phi) is 5.56. The molecule has 20 heavy (non-hydrogen) atoms. The standard InChI is InChI=1S/C14H20N2O4/c1-14(2,3)20-13(19)15-7-5-4-6-10-9-16-12(18)8-11(10)17/h10H,6-9H2,1-3H3,(H,15,19)(H,16,18). The van der Waals surface area contributed by atoms with Gasteiger partial charge in [-0.15, -0.1) is 5.92 Å². The summed E-state index contributed by atoms with van der Waals surface area (Å²) in [4.78, 5) is 33.8. The maximum absolute atomic E-state index is 11.5. The minimum atomic E-state index is -0.537. The van der Waals surface area contributed by atoms with Crippen LogP contribution in [0.25, 0.3) is 0 Å². The van der Waals surface area contributed by atoms with Crippen molar-refractivity contribution in [3.63, 3.8) is 0 Å². The molecule has 2 N–H and O–H groups in total. The number of hydrogen-bond acceptors (Lipinski definition) is 4. The highest BCUT2D eigenvalue weighted by molar-refractivity contribution is 6.01. The molecule has 1 rings (SSSR count). The highest BCUT2D eigenvalue weighted by Gasteiger charge is 2.25. The number of amides is 2. The van der Waals surface area contributed by atoms with Crippen LogP contribution in [0.5, 0.6) is 0 Å². The summed E-state index contributed by atoms with van der Waals surface area (Å²) in [6.45, 7) is 5.84. The topological polar surface area (TPSA) is 84.5 Å². The molecule has 2 amide bonds. The van der Waals surface area contributed by atoms with Gasteiger partial charge < -0.3 is 15.4 Å². The molecule has 0 aromatic carbocycles. The second kappa shape index (κ2) is 6.94. The van der Waals surface area contributed by atoms with Crippen LogP contribution < -0.4 is 10.6 Å². The monoisotopic (exact) mass is 280 g/mol. The number of ketones is 1. The first-order chi connectivity index (χ1) is 9.28. The third kappa shape index (κ3) is 6.23. The lowest BCUT2D eigenvalue weighted by Gasteiger charge is -2.19. The van der Waals surface area contributed by atoms with Gasteiger partial charge in [0.15, 0.2) is 0 Å². The molecule has 0 aromatic heterocycles. The van der Waals surface area contributed by atoms with Crippen molar-refractivity contribution in [3.8, 4) is 11.8 Å². The van der Waals surface area contributed by atoms with Crippen LogP contribution in [-0.2, 0) is 14.3 Å². The number of ether oxygens (including phenoxy) is 1. The van der Waals surface area contributed by atoms with E-state index >= 15 is 0 Å². The fourth-order valence-electron chi connectivity index (χ4n) is 1.59. The van der Waals surface area contributed by atoms with Gasteiger partial charge in [-0.25, -0.2) is 4.79 Å². The highest BCUT2D eigenvalue weighted by atomic mass is 16.6. The molecule has 1 aliphatic heterocycles. The van der Waals surface area contributed by atoms with Crippen molar-refractivity contribution >= 4 is 17.8 Å². The third-order valence-corrected chi connectivity index (χ3v) is 2.53. The van der Waals surface area contributed by atoms with Gasteiger partial charge in [0.05, 0.1) is 13.0 Å². The summed E-state index contributed by atoms with van der Waals surface area (Å²) in [5.74, 6) is 5.02. The van der Waals surface area contributed by atoms with Crippen LogP contribution in [0.1, 0.15) is 33.6 Å². The number of hydrogen-bond donors (Lipinski definition) is 2. The molecule has 0 spiro atoms. The number of carbonyl (C=O) groups excluding carboxylic acids is 3. The van der Waals surface area contributed by atoms with Crippen molar-refractivity contribution in [1.82, 2.24) is 10.6 Å². The predicted molar refractivity (Wildman–Crippen MR) is 72.8 cm³/mol. The van der Waals surface area contributed by atoms with Crippen molar-refractivity contribution in [2.24, 2.45) is 5.92 Å². The lowest BCUT2D eigenvalue weighted by molar-refractivity contribution is -0.133. The molecule has 0 aliphatic carbocycles. The molecule has 6 nitrogen and oxygen atoms in total. The Morgan fingerprint density at radius 1 is 1.40 bits per heavy atom. The molecule has 0 radical (unpaired) electrons. The predicted octanol–water partition coefficient (Wildman–Crippen LogP) is 0.610. The summed E-state index contributed by atoms with van der Waals surface area (Å²) in [6.07, 6.45) is -0.203. The Balaban J connectivity index is 2.25. The number of alkyl carbamates (subject to hydrolysis) is 1. The molecule has 1 aliphatic rings. The molecule has 0 bridgehead atoms. The van der Waals surface area contributed by atoms with Gasteiger partial charge in [-0.05, 0) is 20.8 Å². The Morgan fingerprint density at radius 2 is 2.10 bits per heavy atom. The van der Waals surface area contributed by atoms with Crippen LogP contribution in [0, 0.1) is 17.8 Å². The third-order valence-electron chi connectivity index (χ3n) is 2.53. The van der Waals surface area contributed by atoms with Crippen molar-refractivity contribution in [2.45, 2.75) is 39.2 Å². The molecule has 0 aromatic rings. The zero-order chi connectivity index (χ0) is 15.2. The fraction of sp³-hybridized carbons (Fsp3) is 0.643. The molecular weight excluding hydrogens is 260 g/mol. The van der Waals surface area contributed by atoms with Crippen molar-refractivity contribution in [2.75, 3.05) is 13.1 Å². The average molecular weight is 280 g/mol. The lowest BCUT2D eigenvalue weighted by Crippen LogP contribution is -2.40. The van der Waals surface area contributed by atoms with Gasteiger partial charge >= 0.3 is 6.09 Å². The summed E-state index contributed by atoms with van der Waals surface area (Å²) in [5, 5.41) is 5.14. The number of piperidine rings is 1. The maximum atomic E-state index is 11.5. The van der Waals surface area contributed by atoms with Gasteiger partial charge in [0.25, 0.3) is 0 Å². The minimum Gasteiger partial charge on any atom is -0.444 e.